The van der Waals surface area contributed by atoms with E-state index >= 15 is 0 Å². The number of ether oxygens (including phenoxy) is 1. The molecule has 6 N–H and O–H groups in total. The van der Waals surface area contributed by atoms with Crippen LogP contribution in [0.1, 0.15) is 28.6 Å². The molecule has 1 aromatic carbocycles. The summed E-state index contributed by atoms with van der Waals surface area (Å²) in [5.74, 6) is 0.103. The van der Waals surface area contributed by atoms with E-state index in [0.29, 0.717) is 36.8 Å². The van der Waals surface area contributed by atoms with Crippen LogP contribution >= 0.6 is 0 Å². The number of hydrogen-bond donors (Lipinski definition) is 4. The first-order valence-electron chi connectivity index (χ1n) is 10.9. The molecule has 14 heteroatoms. The van der Waals surface area contributed by atoms with Crippen molar-refractivity contribution in [3.8, 4) is 23.7 Å². The number of halogens is 1. The van der Waals surface area contributed by atoms with Crippen LogP contribution in [0.15, 0.2) is 27.7 Å². The zero-order valence-corrected chi connectivity index (χ0v) is 18.8. The van der Waals surface area contributed by atoms with Crippen LogP contribution in [0, 0.1) is 28.6 Å². The summed E-state index contributed by atoms with van der Waals surface area (Å²) < 4.78 is 25.6. The fraction of sp³-hybridized carbons (Fsp3) is 0.273. The number of nitrogens with two attached hydrogens (primary N) is 2. The van der Waals surface area contributed by atoms with E-state index in [1.165, 1.54) is 18.2 Å². The number of pyridine rings is 1. The van der Waals surface area contributed by atoms with Gasteiger partial charge in [-0.25, -0.2) is 14.4 Å². The lowest BCUT2D eigenvalue weighted by molar-refractivity contribution is 0.0297. The summed E-state index contributed by atoms with van der Waals surface area (Å²) in [5, 5.41) is 27.8. The topological polar surface area (TPSA) is 200 Å². The first-order valence-corrected chi connectivity index (χ1v) is 10.9. The minimum absolute atomic E-state index is 0.000648. The predicted octanol–water partition coefficient (Wildman–Crippen LogP) is 1.08. The second-order valence-corrected chi connectivity index (χ2v) is 8.04. The first kappa shape index (κ1) is 23.0. The van der Waals surface area contributed by atoms with E-state index in [4.69, 9.17) is 26.0 Å². The second-order valence-electron chi connectivity index (χ2n) is 8.04. The van der Waals surface area contributed by atoms with Gasteiger partial charge in [0, 0.05) is 18.7 Å². The Morgan fingerprint density at radius 1 is 1.22 bits per heavy atom. The van der Waals surface area contributed by atoms with Gasteiger partial charge in [0.25, 0.3) is 0 Å². The quantitative estimate of drug-likeness (QED) is 0.300. The molecule has 0 radical (unpaired) electrons. The normalized spacial score (nSPS) is 17.3. The maximum absolute atomic E-state index is 14.9. The number of guanidine groups is 1. The third kappa shape index (κ3) is 4.22. The van der Waals surface area contributed by atoms with Crippen LogP contribution in [-0.4, -0.2) is 52.3 Å². The molecule has 0 amide bonds. The third-order valence-corrected chi connectivity index (χ3v) is 5.84. The number of nitrogens with zero attached hydrogens (tertiary/aromatic N) is 7. The molecule has 2 aromatic heterocycles. The minimum atomic E-state index is -0.837. The van der Waals surface area contributed by atoms with E-state index in [-0.39, 0.29) is 40.2 Å². The van der Waals surface area contributed by atoms with Gasteiger partial charge in [0.1, 0.15) is 35.1 Å². The summed E-state index contributed by atoms with van der Waals surface area (Å²) in [6.45, 7) is 3.13. The van der Waals surface area contributed by atoms with Crippen molar-refractivity contribution < 1.29 is 13.7 Å². The average Bonchev–Trinajstić information content (AvgIpc) is 3.33. The van der Waals surface area contributed by atoms with Crippen LogP contribution in [0.3, 0.4) is 0 Å². The molecule has 0 bridgehead atoms. The molecule has 0 aliphatic carbocycles. The van der Waals surface area contributed by atoms with Gasteiger partial charge in [0.05, 0.1) is 31.0 Å². The third-order valence-electron chi connectivity index (χ3n) is 5.84. The highest BCUT2D eigenvalue weighted by molar-refractivity contribution is 5.98. The maximum Gasteiger partial charge on any atom is 0.241 e. The smallest absolute Gasteiger partial charge is 0.241 e. The van der Waals surface area contributed by atoms with Gasteiger partial charge in [-0.1, -0.05) is 11.2 Å². The van der Waals surface area contributed by atoms with Gasteiger partial charge in [0.2, 0.25) is 17.7 Å². The van der Waals surface area contributed by atoms with Gasteiger partial charge >= 0.3 is 0 Å². The van der Waals surface area contributed by atoms with Crippen LogP contribution in [0.5, 0.6) is 0 Å². The molecule has 13 nitrogen and oxygen atoms in total. The summed E-state index contributed by atoms with van der Waals surface area (Å²) >= 11 is 0. The van der Waals surface area contributed by atoms with E-state index in [0.717, 1.165) is 13.1 Å². The molecular weight excluding hydrogens is 469 g/mol. The van der Waals surface area contributed by atoms with Gasteiger partial charge in [-0.3, -0.25) is 10.2 Å². The van der Waals surface area contributed by atoms with E-state index in [1.807, 2.05) is 6.07 Å². The number of fused-ring (bicyclic) bond motifs is 1. The number of nitrogen functional groups attached to an aromatic ring is 2. The van der Waals surface area contributed by atoms with Gasteiger partial charge in [-0.05, 0) is 17.7 Å². The lowest BCUT2D eigenvalue weighted by Gasteiger charge is -2.26. The van der Waals surface area contributed by atoms with E-state index in [9.17, 15) is 9.65 Å². The minimum Gasteiger partial charge on any atom is -0.397 e. The van der Waals surface area contributed by atoms with Crippen LogP contribution < -0.4 is 22.1 Å². The lowest BCUT2D eigenvalue weighted by Crippen LogP contribution is -2.35. The van der Waals surface area contributed by atoms with Gasteiger partial charge in [-0.2, -0.15) is 15.5 Å². The number of morpholine rings is 1. The maximum atomic E-state index is 14.9. The monoisotopic (exact) mass is 489 g/mol. The summed E-state index contributed by atoms with van der Waals surface area (Å²) in [6.07, 6.45) is 1.78. The number of aliphatic imine (C=N–C) groups is 1. The van der Waals surface area contributed by atoms with Crippen LogP contribution in [0.4, 0.5) is 21.7 Å². The van der Waals surface area contributed by atoms with E-state index in [2.05, 4.69) is 35.7 Å². The molecule has 0 spiro atoms. The molecule has 2 aliphatic heterocycles. The average molecular weight is 489 g/mol. The van der Waals surface area contributed by atoms with Crippen molar-refractivity contribution in [1.82, 2.24) is 25.3 Å². The Morgan fingerprint density at radius 3 is 2.78 bits per heavy atom. The van der Waals surface area contributed by atoms with E-state index in [1.54, 1.807) is 6.19 Å². The first-order chi connectivity index (χ1) is 17.5. The molecule has 3 aromatic rings. The Labute approximate surface area is 204 Å². The van der Waals surface area contributed by atoms with Gasteiger partial charge < -0.3 is 26.0 Å². The van der Waals surface area contributed by atoms with Crippen LogP contribution in [0.2, 0.25) is 0 Å². The molecule has 1 fully saturated rings. The molecule has 0 saturated carbocycles. The molecule has 4 heterocycles. The van der Waals surface area contributed by atoms with Crippen molar-refractivity contribution in [2.24, 2.45) is 4.99 Å². The van der Waals surface area contributed by atoms with Crippen molar-refractivity contribution in [3.05, 3.63) is 46.6 Å². The fourth-order valence-electron chi connectivity index (χ4n) is 4.09. The molecule has 36 heavy (non-hydrogen) atoms. The van der Waals surface area contributed by atoms with Crippen molar-refractivity contribution >= 4 is 23.3 Å². The fourth-order valence-corrected chi connectivity index (χ4v) is 4.09. The number of aromatic nitrogens is 3. The molecule has 1 saturated heterocycles. The van der Waals surface area contributed by atoms with Gasteiger partial charge in [0.15, 0.2) is 6.19 Å². The zero-order chi connectivity index (χ0) is 25.2. The van der Waals surface area contributed by atoms with E-state index < -0.39 is 11.9 Å². The number of nitriles is 2. The second kappa shape index (κ2) is 9.46. The van der Waals surface area contributed by atoms with Gasteiger partial charge in [-0.15, -0.1) is 0 Å². The van der Waals surface area contributed by atoms with Crippen molar-refractivity contribution in [3.63, 3.8) is 0 Å². The number of benzene rings is 1. The van der Waals surface area contributed by atoms with Crippen LogP contribution in [0.25, 0.3) is 11.4 Å². The Bertz CT molecular complexity index is 1430. The SMILES string of the molecule is N#CNC1=NC(c2ccc(F)c(-c3noc(CN4CCOCC4)n3)c2)c2c(nc(N)c(C#N)c2N)N1. The molecular formula is C22H20FN11O2. The summed E-state index contributed by atoms with van der Waals surface area (Å²) in [6, 6.07) is 5.40. The summed E-state index contributed by atoms with van der Waals surface area (Å²) in [4.78, 5) is 15.2. The molecule has 1 unspecified atom stereocenters. The summed E-state index contributed by atoms with van der Waals surface area (Å²) in [5.41, 5.74) is 13.2. The Balaban J connectivity index is 1.54. The Hall–Kier alpha value is -4.79. The molecule has 5 rings (SSSR count). The number of nitrogens with one attached hydrogen (secondary N) is 2. The number of anilines is 3. The largest absolute Gasteiger partial charge is 0.397 e. The number of hydrogen-bond acceptors (Lipinski definition) is 13. The highest BCUT2D eigenvalue weighted by Crippen LogP contribution is 2.41. The molecule has 182 valence electrons. The highest BCUT2D eigenvalue weighted by atomic mass is 19.1. The standard InChI is InChI=1S/C22H20FN11O2/c23-14-2-1-11(7-12(14)20-29-15(36-33-20)9-34-3-5-35-6-4-34)18-16-17(26)13(8-24)19(27)31-21(16)32-22(30-18)28-10-25/h1-2,7,18H,3-6,9H2,(H6,26,27,28,30,31,32). The van der Waals surface area contributed by atoms with Crippen molar-refractivity contribution in [2.75, 3.05) is 43.1 Å². The van der Waals surface area contributed by atoms with Crippen LogP contribution in [-0.2, 0) is 11.3 Å². The van der Waals surface area contributed by atoms with Crippen molar-refractivity contribution in [1.29, 1.82) is 10.5 Å². The number of rotatable bonds is 4. The Kier molecular flexibility index (Phi) is 6.03. The molecule has 1 atom stereocenters. The molecule has 2 aliphatic rings. The Morgan fingerprint density at radius 2 is 2.03 bits per heavy atom. The zero-order valence-electron chi connectivity index (χ0n) is 18.8. The lowest BCUT2D eigenvalue weighted by atomic mass is 9.94. The highest BCUT2D eigenvalue weighted by Gasteiger charge is 2.30. The predicted molar refractivity (Wildman–Crippen MR) is 125 cm³/mol. The summed E-state index contributed by atoms with van der Waals surface area (Å²) in [7, 11) is 0. The van der Waals surface area contributed by atoms with Crippen molar-refractivity contribution in [2.45, 2.75) is 12.6 Å².